The molecule has 17 heavy (non-hydrogen) atoms. The Kier molecular flexibility index (Phi) is 3.73. The number of rotatable bonds is 4. The maximum atomic E-state index is 6.00. The highest BCUT2D eigenvalue weighted by Gasteiger charge is 2.11. The number of nitrogens with one attached hydrogen (secondary N) is 1. The van der Waals surface area contributed by atoms with Crippen LogP contribution >= 0.6 is 27.3 Å². The molecular weight excluding hydrogens is 300 g/mol. The average molecular weight is 315 g/mol. The topological polar surface area (TPSA) is 55.9 Å². The molecule has 4 nitrogen and oxygen atoms in total. The highest BCUT2D eigenvalue weighted by molar-refractivity contribution is 9.10. The lowest BCUT2D eigenvalue weighted by Gasteiger charge is -2.08. The molecule has 2 heterocycles. The molecule has 0 aliphatic rings. The second-order valence-corrected chi connectivity index (χ2v) is 5.56. The highest BCUT2D eigenvalue weighted by atomic mass is 79.9. The van der Waals surface area contributed by atoms with E-state index in [1.165, 1.54) is 4.88 Å². The summed E-state index contributed by atoms with van der Waals surface area (Å²) in [4.78, 5) is 1.26. The van der Waals surface area contributed by atoms with Crippen molar-refractivity contribution < 1.29 is 0 Å². The van der Waals surface area contributed by atoms with Crippen LogP contribution in [0.5, 0.6) is 0 Å². The molecule has 3 N–H and O–H groups in total. The second kappa shape index (κ2) is 5.10. The molecule has 0 radical (unpaired) electrons. The van der Waals surface area contributed by atoms with Crippen LogP contribution in [0.3, 0.4) is 0 Å². The predicted octanol–water partition coefficient (Wildman–Crippen LogP) is 3.23. The van der Waals surface area contributed by atoms with E-state index in [1.54, 1.807) is 11.3 Å². The van der Waals surface area contributed by atoms with Crippen LogP contribution < -0.4 is 11.1 Å². The molecule has 0 aliphatic heterocycles. The fourth-order valence-electron chi connectivity index (χ4n) is 1.63. The molecule has 0 aromatic carbocycles. The van der Waals surface area contributed by atoms with Crippen LogP contribution in [0.15, 0.2) is 15.9 Å². The molecule has 0 unspecified atom stereocenters. The van der Waals surface area contributed by atoms with Gasteiger partial charge in [0.05, 0.1) is 17.9 Å². The van der Waals surface area contributed by atoms with E-state index in [-0.39, 0.29) is 0 Å². The normalized spacial score (nSPS) is 10.8. The van der Waals surface area contributed by atoms with Gasteiger partial charge in [0.1, 0.15) is 5.82 Å². The SMILES string of the molecule is CCn1nc(C)c(N)c1NCc1sccc1Br. The van der Waals surface area contributed by atoms with Crippen LogP contribution in [0.4, 0.5) is 11.5 Å². The van der Waals surface area contributed by atoms with Crippen molar-refractivity contribution in [2.24, 2.45) is 0 Å². The molecule has 0 atom stereocenters. The molecule has 0 aliphatic carbocycles. The van der Waals surface area contributed by atoms with Gasteiger partial charge in [0.15, 0.2) is 0 Å². The summed E-state index contributed by atoms with van der Waals surface area (Å²) in [6, 6.07) is 2.05. The van der Waals surface area contributed by atoms with E-state index in [1.807, 2.05) is 17.7 Å². The first-order valence-electron chi connectivity index (χ1n) is 5.42. The zero-order chi connectivity index (χ0) is 12.4. The first-order chi connectivity index (χ1) is 8.13. The van der Waals surface area contributed by atoms with E-state index in [4.69, 9.17) is 5.73 Å². The van der Waals surface area contributed by atoms with E-state index in [2.05, 4.69) is 38.6 Å². The first-order valence-corrected chi connectivity index (χ1v) is 7.09. The summed E-state index contributed by atoms with van der Waals surface area (Å²) < 4.78 is 3.03. The Balaban J connectivity index is 2.16. The number of nitrogens with two attached hydrogens (primary N) is 1. The van der Waals surface area contributed by atoms with Gasteiger partial charge in [-0.05, 0) is 41.2 Å². The third kappa shape index (κ3) is 2.47. The van der Waals surface area contributed by atoms with E-state index in [9.17, 15) is 0 Å². The highest BCUT2D eigenvalue weighted by Crippen LogP contribution is 2.26. The van der Waals surface area contributed by atoms with Gasteiger partial charge in [0, 0.05) is 15.9 Å². The van der Waals surface area contributed by atoms with Gasteiger partial charge in [-0.1, -0.05) is 0 Å². The van der Waals surface area contributed by atoms with E-state index in [0.29, 0.717) is 0 Å². The maximum Gasteiger partial charge on any atom is 0.148 e. The molecule has 2 aromatic rings. The first kappa shape index (κ1) is 12.4. The van der Waals surface area contributed by atoms with Gasteiger partial charge in [0.25, 0.3) is 0 Å². The van der Waals surface area contributed by atoms with E-state index >= 15 is 0 Å². The lowest BCUT2D eigenvalue weighted by Crippen LogP contribution is -2.07. The Hall–Kier alpha value is -1.01. The van der Waals surface area contributed by atoms with Crippen molar-refractivity contribution in [1.82, 2.24) is 9.78 Å². The number of hydrogen-bond donors (Lipinski definition) is 2. The fraction of sp³-hybridized carbons (Fsp3) is 0.364. The smallest absolute Gasteiger partial charge is 0.148 e. The zero-order valence-electron chi connectivity index (χ0n) is 9.83. The van der Waals surface area contributed by atoms with E-state index < -0.39 is 0 Å². The third-order valence-corrected chi connectivity index (χ3v) is 4.51. The summed E-state index contributed by atoms with van der Waals surface area (Å²) in [6.07, 6.45) is 0. The fourth-order valence-corrected chi connectivity index (χ4v) is 3.06. The molecule has 0 amide bonds. The Morgan fingerprint density at radius 1 is 1.59 bits per heavy atom. The lowest BCUT2D eigenvalue weighted by atomic mass is 10.4. The standard InChI is InChI=1S/C11H15BrN4S/c1-3-16-11(10(13)7(2)15-16)14-6-9-8(12)4-5-17-9/h4-5,14H,3,6,13H2,1-2H3. The van der Waals surface area contributed by atoms with Crippen molar-refractivity contribution in [3.8, 4) is 0 Å². The van der Waals surface area contributed by atoms with Crippen molar-refractivity contribution in [3.05, 3.63) is 26.5 Å². The number of aryl methyl sites for hydroxylation is 2. The minimum Gasteiger partial charge on any atom is -0.394 e. The van der Waals surface area contributed by atoms with Crippen LogP contribution in [0.25, 0.3) is 0 Å². The van der Waals surface area contributed by atoms with Crippen LogP contribution in [-0.4, -0.2) is 9.78 Å². The second-order valence-electron chi connectivity index (χ2n) is 3.71. The number of anilines is 2. The number of halogens is 1. The molecule has 0 spiro atoms. The number of hydrogen-bond acceptors (Lipinski definition) is 4. The summed E-state index contributed by atoms with van der Waals surface area (Å²) in [6.45, 7) is 5.55. The number of nitrogens with zero attached hydrogens (tertiary/aromatic N) is 2. The van der Waals surface area contributed by atoms with Crippen LogP contribution in [0, 0.1) is 6.92 Å². The van der Waals surface area contributed by atoms with Crippen molar-refractivity contribution in [2.45, 2.75) is 26.9 Å². The van der Waals surface area contributed by atoms with Crippen LogP contribution in [0.1, 0.15) is 17.5 Å². The van der Waals surface area contributed by atoms with Crippen molar-refractivity contribution in [1.29, 1.82) is 0 Å². The maximum absolute atomic E-state index is 6.00. The Morgan fingerprint density at radius 3 is 2.94 bits per heavy atom. The minimum absolute atomic E-state index is 0.736. The summed E-state index contributed by atoms with van der Waals surface area (Å²) in [5.74, 6) is 0.908. The molecule has 2 rings (SSSR count). The number of aromatic nitrogens is 2. The van der Waals surface area contributed by atoms with Gasteiger partial charge >= 0.3 is 0 Å². The summed E-state index contributed by atoms with van der Waals surface area (Å²) >= 11 is 5.23. The van der Waals surface area contributed by atoms with Crippen molar-refractivity contribution in [3.63, 3.8) is 0 Å². The van der Waals surface area contributed by atoms with Gasteiger partial charge in [-0.3, -0.25) is 0 Å². The summed E-state index contributed by atoms with van der Waals surface area (Å²) in [7, 11) is 0. The van der Waals surface area contributed by atoms with Gasteiger partial charge in [-0.2, -0.15) is 5.10 Å². The molecule has 0 saturated carbocycles. The molecule has 2 aromatic heterocycles. The van der Waals surface area contributed by atoms with Crippen molar-refractivity contribution >= 4 is 38.8 Å². The monoisotopic (exact) mass is 314 g/mol. The molecule has 0 fully saturated rings. The zero-order valence-corrected chi connectivity index (χ0v) is 12.2. The van der Waals surface area contributed by atoms with Crippen LogP contribution in [0.2, 0.25) is 0 Å². The lowest BCUT2D eigenvalue weighted by molar-refractivity contribution is 0.658. The Bertz CT molecular complexity index is 518. The number of thiophene rings is 1. The molecule has 92 valence electrons. The van der Waals surface area contributed by atoms with Gasteiger partial charge in [-0.25, -0.2) is 4.68 Å². The van der Waals surface area contributed by atoms with Crippen LogP contribution in [-0.2, 0) is 13.1 Å². The molecular formula is C11H15BrN4S. The van der Waals surface area contributed by atoms with Gasteiger partial charge in [-0.15, -0.1) is 11.3 Å². The molecule has 0 bridgehead atoms. The van der Waals surface area contributed by atoms with Gasteiger partial charge < -0.3 is 11.1 Å². The summed E-state index contributed by atoms with van der Waals surface area (Å²) in [5.41, 5.74) is 7.61. The Morgan fingerprint density at radius 2 is 2.35 bits per heavy atom. The number of nitrogen functional groups attached to an aromatic ring is 1. The van der Waals surface area contributed by atoms with E-state index in [0.717, 1.165) is 34.8 Å². The average Bonchev–Trinajstić information content (AvgIpc) is 2.83. The molecule has 6 heteroatoms. The quantitative estimate of drug-likeness (QED) is 0.911. The third-order valence-electron chi connectivity index (χ3n) is 2.58. The predicted molar refractivity (Wildman–Crippen MR) is 76.4 cm³/mol. The van der Waals surface area contributed by atoms with Crippen molar-refractivity contribution in [2.75, 3.05) is 11.1 Å². The van der Waals surface area contributed by atoms with Gasteiger partial charge in [0.2, 0.25) is 0 Å². The summed E-state index contributed by atoms with van der Waals surface area (Å²) in [5, 5.41) is 9.79. The minimum atomic E-state index is 0.736. The Labute approximate surface area is 113 Å². The largest absolute Gasteiger partial charge is 0.394 e. The molecule has 0 saturated heterocycles.